The van der Waals surface area contributed by atoms with Crippen molar-refractivity contribution >= 4 is 0 Å². The van der Waals surface area contributed by atoms with Gasteiger partial charge in [0.25, 0.3) is 0 Å². The van der Waals surface area contributed by atoms with Gasteiger partial charge in [-0.2, -0.15) is 0 Å². The summed E-state index contributed by atoms with van der Waals surface area (Å²) < 4.78 is 0. The van der Waals surface area contributed by atoms with E-state index in [0.29, 0.717) is 11.8 Å². The molecule has 1 heterocycles. The van der Waals surface area contributed by atoms with Crippen LogP contribution in [0.15, 0.2) is 6.07 Å². The molecule has 15 heavy (non-hydrogen) atoms. The molecule has 2 saturated carbocycles. The van der Waals surface area contributed by atoms with E-state index in [1.807, 2.05) is 6.92 Å². The SMILES string of the molecule is Cc1nc(C2CC2)cc(C2CC2)c1CO. The molecule has 2 aliphatic carbocycles. The van der Waals surface area contributed by atoms with Gasteiger partial charge in [0.15, 0.2) is 0 Å². The first-order chi connectivity index (χ1) is 7.29. The Morgan fingerprint density at radius 2 is 1.93 bits per heavy atom. The number of nitrogens with zero attached hydrogens (tertiary/aromatic N) is 1. The van der Waals surface area contributed by atoms with Crippen LogP contribution in [0.4, 0.5) is 0 Å². The molecule has 1 N–H and O–H groups in total. The Bertz CT molecular complexity index is 392. The molecule has 0 radical (unpaired) electrons. The highest BCUT2D eigenvalue weighted by atomic mass is 16.3. The van der Waals surface area contributed by atoms with Gasteiger partial charge in [0.2, 0.25) is 0 Å². The van der Waals surface area contributed by atoms with Crippen molar-refractivity contribution < 1.29 is 5.11 Å². The van der Waals surface area contributed by atoms with Crippen molar-refractivity contribution in [1.29, 1.82) is 0 Å². The van der Waals surface area contributed by atoms with Gasteiger partial charge in [-0.25, -0.2) is 0 Å². The third-order valence-corrected chi connectivity index (χ3v) is 3.56. The Balaban J connectivity index is 2.06. The fraction of sp³-hybridized carbons (Fsp3) is 0.615. The molecule has 2 nitrogen and oxygen atoms in total. The zero-order valence-electron chi connectivity index (χ0n) is 9.16. The number of hydrogen-bond acceptors (Lipinski definition) is 2. The van der Waals surface area contributed by atoms with Crippen molar-refractivity contribution in [2.75, 3.05) is 0 Å². The van der Waals surface area contributed by atoms with Crippen LogP contribution in [0.25, 0.3) is 0 Å². The van der Waals surface area contributed by atoms with E-state index in [0.717, 1.165) is 11.3 Å². The highest BCUT2D eigenvalue weighted by molar-refractivity contribution is 5.38. The van der Waals surface area contributed by atoms with Crippen molar-refractivity contribution in [3.8, 4) is 0 Å². The summed E-state index contributed by atoms with van der Waals surface area (Å²) in [6.45, 7) is 2.18. The number of aliphatic hydroxyl groups is 1. The Hall–Kier alpha value is -0.890. The standard InChI is InChI=1S/C13H17NO/c1-8-12(7-15)11(9-2-3-9)6-13(14-8)10-4-5-10/h6,9-10,15H,2-5,7H2,1H3. The third kappa shape index (κ3) is 1.67. The Morgan fingerprint density at radius 3 is 2.47 bits per heavy atom. The zero-order chi connectivity index (χ0) is 10.4. The van der Waals surface area contributed by atoms with Crippen LogP contribution in [0.2, 0.25) is 0 Å². The molecule has 0 atom stereocenters. The average molecular weight is 203 g/mol. The molecule has 0 bridgehead atoms. The van der Waals surface area contributed by atoms with Gasteiger partial charge in [-0.05, 0) is 50.2 Å². The average Bonchev–Trinajstić information content (AvgIpc) is 3.07. The summed E-state index contributed by atoms with van der Waals surface area (Å²) in [6.07, 6.45) is 5.19. The summed E-state index contributed by atoms with van der Waals surface area (Å²) in [6, 6.07) is 2.26. The summed E-state index contributed by atoms with van der Waals surface area (Å²) in [4.78, 5) is 4.62. The molecule has 0 aromatic carbocycles. The third-order valence-electron chi connectivity index (χ3n) is 3.56. The maximum Gasteiger partial charge on any atom is 0.0702 e. The molecular formula is C13H17NO. The fourth-order valence-corrected chi connectivity index (χ4v) is 2.30. The molecule has 2 heteroatoms. The van der Waals surface area contributed by atoms with Crippen LogP contribution < -0.4 is 0 Å². The molecule has 2 fully saturated rings. The minimum Gasteiger partial charge on any atom is -0.392 e. The van der Waals surface area contributed by atoms with Gasteiger partial charge in [-0.3, -0.25) is 4.98 Å². The molecule has 0 aliphatic heterocycles. The van der Waals surface area contributed by atoms with E-state index in [2.05, 4.69) is 11.1 Å². The maximum atomic E-state index is 9.38. The van der Waals surface area contributed by atoms with E-state index in [1.54, 1.807) is 0 Å². The van der Waals surface area contributed by atoms with E-state index < -0.39 is 0 Å². The van der Waals surface area contributed by atoms with Crippen molar-refractivity contribution in [2.45, 2.75) is 51.0 Å². The van der Waals surface area contributed by atoms with E-state index in [-0.39, 0.29) is 6.61 Å². The Labute approximate surface area is 90.4 Å². The number of pyridine rings is 1. The lowest BCUT2D eigenvalue weighted by Gasteiger charge is -2.11. The molecule has 0 spiro atoms. The van der Waals surface area contributed by atoms with Crippen LogP contribution in [0.5, 0.6) is 0 Å². The van der Waals surface area contributed by atoms with Gasteiger partial charge < -0.3 is 5.11 Å². The first kappa shape index (κ1) is 9.34. The quantitative estimate of drug-likeness (QED) is 0.819. The predicted octanol–water partition coefficient (Wildman–Crippen LogP) is 2.64. The van der Waals surface area contributed by atoms with E-state index in [4.69, 9.17) is 0 Å². The van der Waals surface area contributed by atoms with Gasteiger partial charge in [0.05, 0.1) is 6.61 Å². The smallest absolute Gasteiger partial charge is 0.0702 e. The number of aliphatic hydroxyl groups excluding tert-OH is 1. The Morgan fingerprint density at radius 1 is 1.27 bits per heavy atom. The number of rotatable bonds is 3. The summed E-state index contributed by atoms with van der Waals surface area (Å²) in [5, 5.41) is 9.38. The van der Waals surface area contributed by atoms with Gasteiger partial charge >= 0.3 is 0 Å². The van der Waals surface area contributed by atoms with Crippen LogP contribution in [0.3, 0.4) is 0 Å². The van der Waals surface area contributed by atoms with Gasteiger partial charge in [0.1, 0.15) is 0 Å². The van der Waals surface area contributed by atoms with Gasteiger partial charge in [-0.15, -0.1) is 0 Å². The van der Waals surface area contributed by atoms with Gasteiger partial charge in [-0.1, -0.05) is 0 Å². The van der Waals surface area contributed by atoms with Gasteiger partial charge in [0, 0.05) is 22.9 Å². The molecule has 1 aromatic heterocycles. The van der Waals surface area contributed by atoms with E-state index >= 15 is 0 Å². The van der Waals surface area contributed by atoms with E-state index in [9.17, 15) is 5.11 Å². The minimum absolute atomic E-state index is 0.148. The van der Waals surface area contributed by atoms with Crippen LogP contribution in [-0.4, -0.2) is 10.1 Å². The highest BCUT2D eigenvalue weighted by Gasteiger charge is 2.31. The largest absolute Gasteiger partial charge is 0.392 e. The maximum absolute atomic E-state index is 9.38. The number of aromatic nitrogens is 1. The molecule has 0 saturated heterocycles. The lowest BCUT2D eigenvalue weighted by atomic mass is 10.0. The predicted molar refractivity (Wildman–Crippen MR) is 58.8 cm³/mol. The second-order valence-corrected chi connectivity index (χ2v) is 4.91. The second-order valence-electron chi connectivity index (χ2n) is 4.91. The fourth-order valence-electron chi connectivity index (χ4n) is 2.30. The van der Waals surface area contributed by atoms with Crippen molar-refractivity contribution in [1.82, 2.24) is 4.98 Å². The molecule has 2 aliphatic rings. The highest BCUT2D eigenvalue weighted by Crippen LogP contribution is 2.45. The molecule has 1 aromatic rings. The summed E-state index contributed by atoms with van der Waals surface area (Å²) in [5.41, 5.74) is 4.78. The monoisotopic (exact) mass is 203 g/mol. The van der Waals surface area contributed by atoms with Crippen LogP contribution in [-0.2, 0) is 6.61 Å². The Kier molecular flexibility index (Phi) is 2.06. The number of hydrogen-bond donors (Lipinski definition) is 1. The molecule has 0 amide bonds. The zero-order valence-corrected chi connectivity index (χ0v) is 9.16. The summed E-state index contributed by atoms with van der Waals surface area (Å²) >= 11 is 0. The molecule has 80 valence electrons. The molecular weight excluding hydrogens is 186 g/mol. The lowest BCUT2D eigenvalue weighted by molar-refractivity contribution is 0.279. The van der Waals surface area contributed by atoms with E-state index in [1.165, 1.54) is 36.9 Å². The molecule has 0 unspecified atom stereocenters. The summed E-state index contributed by atoms with van der Waals surface area (Å²) in [7, 11) is 0. The van der Waals surface area contributed by atoms with Crippen LogP contribution in [0.1, 0.15) is 60.0 Å². The lowest BCUT2D eigenvalue weighted by Crippen LogP contribution is -2.02. The summed E-state index contributed by atoms with van der Waals surface area (Å²) in [5.74, 6) is 1.43. The minimum atomic E-state index is 0.148. The first-order valence-electron chi connectivity index (χ1n) is 5.90. The van der Waals surface area contributed by atoms with Crippen molar-refractivity contribution in [3.05, 3.63) is 28.6 Å². The first-order valence-corrected chi connectivity index (χ1v) is 5.90. The normalized spacial score (nSPS) is 20.7. The van der Waals surface area contributed by atoms with Crippen LogP contribution >= 0.6 is 0 Å². The van der Waals surface area contributed by atoms with Crippen LogP contribution in [0, 0.1) is 6.92 Å². The second kappa shape index (κ2) is 3.31. The number of aryl methyl sites for hydroxylation is 1. The van der Waals surface area contributed by atoms with Crippen molar-refractivity contribution in [3.63, 3.8) is 0 Å². The van der Waals surface area contributed by atoms with Crippen molar-refractivity contribution in [2.24, 2.45) is 0 Å². The topological polar surface area (TPSA) is 33.1 Å². The molecule has 3 rings (SSSR count).